The van der Waals surface area contributed by atoms with Gasteiger partial charge in [0, 0.05) is 11.1 Å². The molecule has 2 nitrogen and oxygen atoms in total. The molecule has 0 aromatic rings. The molecule has 0 saturated carbocycles. The summed E-state index contributed by atoms with van der Waals surface area (Å²) in [6.07, 6.45) is 10.7. The van der Waals surface area contributed by atoms with Crippen LogP contribution in [-0.2, 0) is 0 Å². The Morgan fingerprint density at radius 2 is 1.22 bits per heavy atom. The highest BCUT2D eigenvalue weighted by atomic mass is 16.3. The van der Waals surface area contributed by atoms with Gasteiger partial charge < -0.3 is 10.2 Å². The number of aliphatic hydroxyl groups is 2. The largest absolute Gasteiger partial charge is 0.507 e. The lowest BCUT2D eigenvalue weighted by Gasteiger charge is -2.08. The van der Waals surface area contributed by atoms with Crippen molar-refractivity contribution in [1.29, 1.82) is 0 Å². The van der Waals surface area contributed by atoms with Gasteiger partial charge in [0.05, 0.1) is 0 Å². The summed E-state index contributed by atoms with van der Waals surface area (Å²) >= 11 is 0. The van der Waals surface area contributed by atoms with Crippen molar-refractivity contribution >= 4 is 0 Å². The Bertz CT molecular complexity index is 419. The molecule has 0 atom stereocenters. The van der Waals surface area contributed by atoms with Gasteiger partial charge in [-0.3, -0.25) is 0 Å². The summed E-state index contributed by atoms with van der Waals surface area (Å²) in [6.45, 7) is 24.5. The zero-order chi connectivity index (χ0) is 19.3. The van der Waals surface area contributed by atoms with Crippen LogP contribution >= 0.6 is 0 Å². The maximum atomic E-state index is 9.82. The maximum Gasteiger partial charge on any atom is 0.123 e. The van der Waals surface area contributed by atoms with Crippen molar-refractivity contribution in [2.24, 2.45) is 0 Å². The topological polar surface area (TPSA) is 40.5 Å². The van der Waals surface area contributed by atoms with Crippen LogP contribution in [0, 0.1) is 0 Å². The molecule has 132 valence electrons. The van der Waals surface area contributed by atoms with Gasteiger partial charge in [-0.1, -0.05) is 91.7 Å². The van der Waals surface area contributed by atoms with Crippen LogP contribution in [-0.4, -0.2) is 10.2 Å². The second-order valence-electron chi connectivity index (χ2n) is 3.11. The first-order valence-corrected chi connectivity index (χ1v) is 8.15. The molecule has 0 heterocycles. The normalized spacial score (nSPS) is 11.4. The molecule has 2 N–H and O–H groups in total. The number of hydrogen-bond donors (Lipinski definition) is 2. The van der Waals surface area contributed by atoms with Crippen LogP contribution < -0.4 is 0 Å². The zero-order valence-electron chi connectivity index (χ0n) is 16.1. The predicted molar refractivity (Wildman–Crippen MR) is 108 cm³/mol. The van der Waals surface area contributed by atoms with Gasteiger partial charge in [-0.2, -0.15) is 0 Å². The van der Waals surface area contributed by atoms with Crippen molar-refractivity contribution in [3.63, 3.8) is 0 Å². The molecule has 0 rings (SSSR count). The highest BCUT2D eigenvalue weighted by Crippen LogP contribution is 2.22. The summed E-state index contributed by atoms with van der Waals surface area (Å²) in [7, 11) is 0. The van der Waals surface area contributed by atoms with E-state index in [1.165, 1.54) is 30.4 Å². The Hall–Kier alpha value is -2.22. The van der Waals surface area contributed by atoms with Crippen molar-refractivity contribution in [2.45, 2.75) is 48.5 Å². The third kappa shape index (κ3) is 14.5. The quantitative estimate of drug-likeness (QED) is 0.396. The van der Waals surface area contributed by atoms with Gasteiger partial charge in [0.25, 0.3) is 0 Å². The van der Waals surface area contributed by atoms with Gasteiger partial charge in [-0.05, 0) is 19.1 Å². The number of allylic oxidation sites excluding steroid dienone is 8. The third-order valence-corrected chi connectivity index (χ3v) is 1.93. The highest BCUT2D eigenvalue weighted by molar-refractivity contribution is 5.53. The van der Waals surface area contributed by atoms with E-state index in [0.717, 1.165) is 0 Å². The van der Waals surface area contributed by atoms with E-state index in [2.05, 4.69) is 19.7 Å². The Morgan fingerprint density at radius 1 is 0.783 bits per heavy atom. The molecule has 2 heteroatoms. The predicted octanol–water partition coefficient (Wildman–Crippen LogP) is 7.38. The molecule has 0 aliphatic carbocycles. The smallest absolute Gasteiger partial charge is 0.123 e. The van der Waals surface area contributed by atoms with E-state index in [4.69, 9.17) is 0 Å². The van der Waals surface area contributed by atoms with Crippen molar-refractivity contribution in [1.82, 2.24) is 0 Å². The van der Waals surface area contributed by atoms with Gasteiger partial charge in [0.15, 0.2) is 0 Å². The Kier molecular flexibility index (Phi) is 31.1. The first-order valence-electron chi connectivity index (χ1n) is 8.15. The second-order valence-corrected chi connectivity index (χ2v) is 3.11. The molecule has 0 spiro atoms. The van der Waals surface area contributed by atoms with E-state index in [1.54, 1.807) is 19.1 Å². The van der Waals surface area contributed by atoms with E-state index in [1.807, 2.05) is 41.5 Å². The molecule has 0 bridgehead atoms. The van der Waals surface area contributed by atoms with Gasteiger partial charge >= 0.3 is 0 Å². The standard InChI is InChI=1S/C15H18O2.3C2H6/c1-5-9-13(15(17)11-7-3)12(8-4)14(16)10-6-2;3*1-2/h5-11,16-17H,1,3-4H2,2H3;3*1-2H3/b10-6-,13-9-,14-12-,15-11+;;;. The second kappa shape index (κ2) is 24.8. The molecule has 0 aromatic carbocycles. The van der Waals surface area contributed by atoms with Crippen molar-refractivity contribution in [3.05, 3.63) is 84.9 Å². The monoisotopic (exact) mass is 320 g/mol. The van der Waals surface area contributed by atoms with Gasteiger partial charge in [-0.25, -0.2) is 0 Å². The lowest BCUT2D eigenvalue weighted by atomic mass is 10.0. The molecule has 0 radical (unpaired) electrons. The first-order chi connectivity index (χ1) is 11.1. The van der Waals surface area contributed by atoms with E-state index in [-0.39, 0.29) is 11.5 Å². The lowest BCUT2D eigenvalue weighted by Crippen LogP contribution is -1.95. The van der Waals surface area contributed by atoms with Gasteiger partial charge in [0.2, 0.25) is 0 Å². The van der Waals surface area contributed by atoms with Crippen molar-refractivity contribution < 1.29 is 10.2 Å². The molecule has 0 unspecified atom stereocenters. The molecular weight excluding hydrogens is 284 g/mol. The summed E-state index contributed by atoms with van der Waals surface area (Å²) in [5.41, 5.74) is 0.865. The van der Waals surface area contributed by atoms with Crippen LogP contribution in [0.1, 0.15) is 48.5 Å². The fourth-order valence-electron chi connectivity index (χ4n) is 1.23. The number of rotatable bonds is 6. The van der Waals surface area contributed by atoms with E-state index in [0.29, 0.717) is 11.1 Å². The van der Waals surface area contributed by atoms with Crippen LogP contribution in [0.15, 0.2) is 84.9 Å². The number of aliphatic hydroxyl groups excluding tert-OH is 2. The minimum atomic E-state index is -0.00847. The first kappa shape index (κ1) is 28.9. The molecule has 0 saturated heterocycles. The molecule has 0 aliphatic heterocycles. The van der Waals surface area contributed by atoms with Crippen molar-refractivity contribution in [2.75, 3.05) is 0 Å². The molecular formula is C21H36O2. The van der Waals surface area contributed by atoms with Crippen LogP contribution in [0.5, 0.6) is 0 Å². The van der Waals surface area contributed by atoms with Crippen molar-refractivity contribution in [3.8, 4) is 0 Å². The molecule has 0 fully saturated rings. The van der Waals surface area contributed by atoms with E-state index < -0.39 is 0 Å². The van der Waals surface area contributed by atoms with E-state index in [9.17, 15) is 10.2 Å². The summed E-state index contributed by atoms with van der Waals surface area (Å²) in [6, 6.07) is 0. The molecule has 23 heavy (non-hydrogen) atoms. The molecule has 0 aliphatic rings. The van der Waals surface area contributed by atoms with Crippen LogP contribution in [0.2, 0.25) is 0 Å². The lowest BCUT2D eigenvalue weighted by molar-refractivity contribution is 0.413. The minimum absolute atomic E-state index is 0.00847. The van der Waals surface area contributed by atoms with Crippen LogP contribution in [0.25, 0.3) is 0 Å². The Labute approximate surface area is 144 Å². The van der Waals surface area contributed by atoms with E-state index >= 15 is 0 Å². The number of hydrogen-bond acceptors (Lipinski definition) is 2. The summed E-state index contributed by atoms with van der Waals surface area (Å²) < 4.78 is 0. The highest BCUT2D eigenvalue weighted by Gasteiger charge is 2.09. The minimum Gasteiger partial charge on any atom is -0.507 e. The van der Waals surface area contributed by atoms with Gasteiger partial charge in [0.1, 0.15) is 11.5 Å². The molecule has 0 aromatic heterocycles. The fraction of sp³-hybridized carbons (Fsp3) is 0.333. The average Bonchev–Trinajstić information content (AvgIpc) is 2.60. The Balaban J connectivity index is -0.000000267. The summed E-state index contributed by atoms with van der Waals surface area (Å²) in [5, 5.41) is 19.6. The Morgan fingerprint density at radius 3 is 1.52 bits per heavy atom. The van der Waals surface area contributed by atoms with Crippen LogP contribution in [0.3, 0.4) is 0 Å². The molecule has 0 amide bonds. The van der Waals surface area contributed by atoms with Crippen LogP contribution in [0.4, 0.5) is 0 Å². The average molecular weight is 321 g/mol. The fourth-order valence-corrected chi connectivity index (χ4v) is 1.23. The van der Waals surface area contributed by atoms with Gasteiger partial charge in [-0.15, -0.1) is 0 Å². The third-order valence-electron chi connectivity index (χ3n) is 1.93. The SMILES string of the molecule is C=C/C=C(C(/C=C)=C(O)/C=C\C)\C(O)=C/C=C.CC.CC.CC. The maximum absolute atomic E-state index is 9.82. The zero-order valence-corrected chi connectivity index (χ0v) is 16.1. The summed E-state index contributed by atoms with van der Waals surface area (Å²) in [5.74, 6) is 0.0189. The summed E-state index contributed by atoms with van der Waals surface area (Å²) in [4.78, 5) is 0.